The third-order valence-electron chi connectivity index (χ3n) is 2.58. The molecule has 0 saturated carbocycles. The van der Waals surface area contributed by atoms with E-state index in [2.05, 4.69) is 15.5 Å². The van der Waals surface area contributed by atoms with Crippen molar-refractivity contribution in [2.24, 2.45) is 0 Å². The van der Waals surface area contributed by atoms with Gasteiger partial charge in [0, 0.05) is 32.6 Å². The highest BCUT2D eigenvalue weighted by atomic mass is 16.4. The van der Waals surface area contributed by atoms with E-state index in [0.717, 1.165) is 26.2 Å². The highest BCUT2D eigenvalue weighted by molar-refractivity contribution is 5.77. The molecule has 1 fully saturated rings. The number of nitrogens with zero attached hydrogens (tertiary/aromatic N) is 3. The molecule has 0 bridgehead atoms. The van der Waals surface area contributed by atoms with Gasteiger partial charge in [-0.25, -0.2) is 0 Å². The lowest BCUT2D eigenvalue weighted by Crippen LogP contribution is -2.46. The Morgan fingerprint density at radius 2 is 2.06 bits per heavy atom. The molecule has 0 aromatic carbocycles. The molecule has 1 aliphatic heterocycles. The van der Waals surface area contributed by atoms with Crippen molar-refractivity contribution >= 4 is 5.91 Å². The molecule has 1 aromatic heterocycles. The van der Waals surface area contributed by atoms with Crippen LogP contribution >= 0.6 is 0 Å². The van der Waals surface area contributed by atoms with Crippen molar-refractivity contribution in [3.05, 3.63) is 11.8 Å². The van der Waals surface area contributed by atoms with Crippen molar-refractivity contribution in [2.45, 2.75) is 19.8 Å². The number of amides is 1. The van der Waals surface area contributed by atoms with Gasteiger partial charge in [-0.3, -0.25) is 4.79 Å². The van der Waals surface area contributed by atoms with Crippen LogP contribution in [0.5, 0.6) is 0 Å². The predicted molar refractivity (Wildman–Crippen MR) is 56.8 cm³/mol. The third kappa shape index (κ3) is 2.57. The van der Waals surface area contributed by atoms with Crippen molar-refractivity contribution in [1.82, 2.24) is 20.4 Å². The van der Waals surface area contributed by atoms with E-state index in [0.29, 0.717) is 18.2 Å². The lowest BCUT2D eigenvalue weighted by Gasteiger charge is -2.26. The molecule has 6 nitrogen and oxygen atoms in total. The number of carbonyl (C=O) groups excluding carboxylic acids is 1. The minimum atomic E-state index is 0.0628. The highest BCUT2D eigenvalue weighted by Gasteiger charge is 2.18. The van der Waals surface area contributed by atoms with Gasteiger partial charge in [0.15, 0.2) is 0 Å². The Balaban J connectivity index is 1.90. The Bertz CT molecular complexity index is 357. The summed E-state index contributed by atoms with van der Waals surface area (Å²) >= 11 is 0. The molecular weight excluding hydrogens is 208 g/mol. The number of hydrogen-bond acceptors (Lipinski definition) is 5. The fraction of sp³-hybridized carbons (Fsp3) is 0.700. The second-order valence-electron chi connectivity index (χ2n) is 3.75. The van der Waals surface area contributed by atoms with Crippen molar-refractivity contribution in [2.75, 3.05) is 26.2 Å². The van der Waals surface area contributed by atoms with E-state index in [1.54, 1.807) is 0 Å². The molecule has 1 aliphatic rings. The summed E-state index contributed by atoms with van der Waals surface area (Å²) in [6.45, 7) is 5.17. The van der Waals surface area contributed by atoms with Crippen LogP contribution in [0.25, 0.3) is 0 Å². The molecule has 0 atom stereocenters. The summed E-state index contributed by atoms with van der Waals surface area (Å²) in [4.78, 5) is 13.7. The van der Waals surface area contributed by atoms with Gasteiger partial charge >= 0.3 is 0 Å². The Morgan fingerprint density at radius 1 is 1.38 bits per heavy atom. The third-order valence-corrected chi connectivity index (χ3v) is 2.58. The second-order valence-corrected chi connectivity index (χ2v) is 3.75. The first-order chi connectivity index (χ1) is 7.79. The molecule has 2 rings (SSSR count). The van der Waals surface area contributed by atoms with Crippen LogP contribution in [0.15, 0.2) is 4.42 Å². The molecule has 16 heavy (non-hydrogen) atoms. The topological polar surface area (TPSA) is 71.3 Å². The predicted octanol–water partition coefficient (Wildman–Crippen LogP) is -0.394. The Labute approximate surface area is 94.0 Å². The van der Waals surface area contributed by atoms with Crippen LogP contribution in [0.3, 0.4) is 0 Å². The standard InChI is InChI=1S/C10H16N4O2/c1-2-8-12-13-9(16-8)7-10(15)14-5-3-11-4-6-14/h11H,2-7H2,1H3. The van der Waals surface area contributed by atoms with Crippen LogP contribution < -0.4 is 5.32 Å². The van der Waals surface area contributed by atoms with E-state index < -0.39 is 0 Å². The van der Waals surface area contributed by atoms with Gasteiger partial charge in [0.1, 0.15) is 6.42 Å². The van der Waals surface area contributed by atoms with Gasteiger partial charge in [-0.05, 0) is 0 Å². The van der Waals surface area contributed by atoms with Crippen LogP contribution in [0.4, 0.5) is 0 Å². The van der Waals surface area contributed by atoms with Gasteiger partial charge in [0.25, 0.3) is 0 Å². The van der Waals surface area contributed by atoms with E-state index in [1.807, 2.05) is 11.8 Å². The molecule has 2 heterocycles. The maximum atomic E-state index is 11.8. The number of nitrogens with one attached hydrogen (secondary N) is 1. The average Bonchev–Trinajstić information content (AvgIpc) is 2.78. The molecule has 0 radical (unpaired) electrons. The molecule has 0 spiro atoms. The first-order valence-corrected chi connectivity index (χ1v) is 5.59. The molecule has 6 heteroatoms. The largest absolute Gasteiger partial charge is 0.425 e. The average molecular weight is 224 g/mol. The van der Waals surface area contributed by atoms with Gasteiger partial charge in [0.05, 0.1) is 0 Å². The number of rotatable bonds is 3. The number of carbonyl (C=O) groups is 1. The number of hydrogen-bond donors (Lipinski definition) is 1. The number of piperazine rings is 1. The maximum Gasteiger partial charge on any atom is 0.232 e. The quantitative estimate of drug-likeness (QED) is 0.757. The van der Waals surface area contributed by atoms with E-state index in [4.69, 9.17) is 4.42 Å². The van der Waals surface area contributed by atoms with Gasteiger partial charge in [0.2, 0.25) is 17.7 Å². The van der Waals surface area contributed by atoms with Gasteiger partial charge in [-0.1, -0.05) is 6.92 Å². The summed E-state index contributed by atoms with van der Waals surface area (Å²) in [6.07, 6.45) is 0.918. The van der Waals surface area contributed by atoms with E-state index >= 15 is 0 Å². The Morgan fingerprint density at radius 3 is 2.69 bits per heavy atom. The zero-order chi connectivity index (χ0) is 11.4. The SMILES string of the molecule is CCc1nnc(CC(=O)N2CCNCC2)o1. The fourth-order valence-electron chi connectivity index (χ4n) is 1.66. The van der Waals surface area contributed by atoms with Crippen LogP contribution in [-0.2, 0) is 17.6 Å². The Hall–Kier alpha value is -1.43. The van der Waals surface area contributed by atoms with Gasteiger partial charge in [-0.2, -0.15) is 0 Å². The summed E-state index contributed by atoms with van der Waals surface area (Å²) in [5.41, 5.74) is 0. The second kappa shape index (κ2) is 5.07. The smallest absolute Gasteiger partial charge is 0.232 e. The minimum Gasteiger partial charge on any atom is -0.425 e. The molecular formula is C10H16N4O2. The summed E-state index contributed by atoms with van der Waals surface area (Å²) in [7, 11) is 0. The van der Waals surface area contributed by atoms with Crippen molar-refractivity contribution < 1.29 is 9.21 Å². The summed E-state index contributed by atoms with van der Waals surface area (Å²) < 4.78 is 5.31. The monoisotopic (exact) mass is 224 g/mol. The van der Waals surface area contributed by atoms with Crippen molar-refractivity contribution in [3.63, 3.8) is 0 Å². The van der Waals surface area contributed by atoms with Crippen molar-refractivity contribution in [1.29, 1.82) is 0 Å². The van der Waals surface area contributed by atoms with Gasteiger partial charge in [-0.15, -0.1) is 10.2 Å². The molecule has 1 saturated heterocycles. The summed E-state index contributed by atoms with van der Waals surface area (Å²) in [5.74, 6) is 1.07. The zero-order valence-electron chi connectivity index (χ0n) is 9.40. The lowest BCUT2D eigenvalue weighted by atomic mass is 10.3. The number of aryl methyl sites for hydroxylation is 1. The molecule has 1 N–H and O–H groups in total. The summed E-state index contributed by atoms with van der Waals surface area (Å²) in [5, 5.41) is 10.9. The maximum absolute atomic E-state index is 11.8. The lowest BCUT2D eigenvalue weighted by molar-refractivity contribution is -0.131. The first-order valence-electron chi connectivity index (χ1n) is 5.59. The molecule has 0 unspecified atom stereocenters. The van der Waals surface area contributed by atoms with Crippen LogP contribution in [0.1, 0.15) is 18.7 Å². The van der Waals surface area contributed by atoms with Crippen LogP contribution in [0, 0.1) is 0 Å². The van der Waals surface area contributed by atoms with Crippen LogP contribution in [-0.4, -0.2) is 47.2 Å². The fourth-order valence-corrected chi connectivity index (χ4v) is 1.66. The number of aromatic nitrogens is 2. The van der Waals surface area contributed by atoms with Crippen LogP contribution in [0.2, 0.25) is 0 Å². The molecule has 1 amide bonds. The zero-order valence-corrected chi connectivity index (χ0v) is 9.40. The molecule has 1 aromatic rings. The normalized spacial score (nSPS) is 16.4. The minimum absolute atomic E-state index is 0.0628. The summed E-state index contributed by atoms with van der Waals surface area (Å²) in [6, 6.07) is 0. The van der Waals surface area contributed by atoms with E-state index in [1.165, 1.54) is 0 Å². The molecule has 88 valence electrons. The molecule has 0 aliphatic carbocycles. The van der Waals surface area contributed by atoms with E-state index in [9.17, 15) is 4.79 Å². The van der Waals surface area contributed by atoms with Gasteiger partial charge < -0.3 is 14.6 Å². The van der Waals surface area contributed by atoms with Crippen molar-refractivity contribution in [3.8, 4) is 0 Å². The van der Waals surface area contributed by atoms with E-state index in [-0.39, 0.29) is 12.3 Å². The highest BCUT2D eigenvalue weighted by Crippen LogP contribution is 2.04. The first kappa shape index (κ1) is 11.1. The Kier molecular flexibility index (Phi) is 3.51.